The number of sulfonamides is 1. The molecule has 0 aliphatic carbocycles. The zero-order valence-corrected chi connectivity index (χ0v) is 13.1. The van der Waals surface area contributed by atoms with Gasteiger partial charge in [0.05, 0.1) is 10.9 Å². The van der Waals surface area contributed by atoms with E-state index < -0.39 is 10.0 Å². The van der Waals surface area contributed by atoms with Crippen LogP contribution >= 0.6 is 11.3 Å². The normalized spacial score (nSPS) is 13.6. The SMILES string of the molecule is CC(c1cccs1)N(C)S(=O)(=O)c1ccc(CN)cc1. The van der Waals surface area contributed by atoms with E-state index in [4.69, 9.17) is 5.73 Å². The van der Waals surface area contributed by atoms with Gasteiger partial charge in [-0.05, 0) is 36.1 Å². The van der Waals surface area contributed by atoms with Crippen LogP contribution in [0, 0.1) is 0 Å². The van der Waals surface area contributed by atoms with Crippen molar-refractivity contribution >= 4 is 21.4 Å². The van der Waals surface area contributed by atoms with Crippen LogP contribution in [0.3, 0.4) is 0 Å². The van der Waals surface area contributed by atoms with Gasteiger partial charge in [0.1, 0.15) is 0 Å². The molecule has 0 spiro atoms. The molecule has 1 heterocycles. The van der Waals surface area contributed by atoms with Crippen molar-refractivity contribution in [2.24, 2.45) is 5.73 Å². The number of rotatable bonds is 5. The molecular weight excluding hydrogens is 292 g/mol. The van der Waals surface area contributed by atoms with Crippen molar-refractivity contribution in [3.8, 4) is 0 Å². The lowest BCUT2D eigenvalue weighted by molar-refractivity contribution is 0.403. The third kappa shape index (κ3) is 2.93. The van der Waals surface area contributed by atoms with Gasteiger partial charge in [0.2, 0.25) is 10.0 Å². The standard InChI is InChI=1S/C14H18N2O2S2/c1-11(14-4-3-9-19-14)16(2)20(17,18)13-7-5-12(10-15)6-8-13/h3-9,11H,10,15H2,1-2H3. The Kier molecular flexibility index (Phi) is 4.59. The van der Waals surface area contributed by atoms with Crippen molar-refractivity contribution in [1.29, 1.82) is 0 Å². The van der Waals surface area contributed by atoms with Crippen LogP contribution in [0.15, 0.2) is 46.7 Å². The van der Waals surface area contributed by atoms with Gasteiger partial charge in [-0.3, -0.25) is 0 Å². The monoisotopic (exact) mass is 310 g/mol. The van der Waals surface area contributed by atoms with E-state index in [-0.39, 0.29) is 6.04 Å². The highest BCUT2D eigenvalue weighted by Crippen LogP contribution is 2.28. The summed E-state index contributed by atoms with van der Waals surface area (Å²) in [6.07, 6.45) is 0. The van der Waals surface area contributed by atoms with Gasteiger partial charge >= 0.3 is 0 Å². The van der Waals surface area contributed by atoms with Gasteiger partial charge < -0.3 is 5.73 Å². The van der Waals surface area contributed by atoms with E-state index in [2.05, 4.69) is 0 Å². The van der Waals surface area contributed by atoms with E-state index in [1.165, 1.54) is 4.31 Å². The third-order valence-electron chi connectivity index (χ3n) is 3.34. The number of hydrogen-bond donors (Lipinski definition) is 1. The molecule has 2 aromatic rings. The highest BCUT2D eigenvalue weighted by Gasteiger charge is 2.26. The topological polar surface area (TPSA) is 63.4 Å². The maximum Gasteiger partial charge on any atom is 0.243 e. The minimum absolute atomic E-state index is 0.186. The quantitative estimate of drug-likeness (QED) is 0.923. The molecule has 0 saturated carbocycles. The Bertz CT molecular complexity index is 649. The molecule has 1 unspecified atom stereocenters. The van der Waals surface area contributed by atoms with Gasteiger partial charge in [-0.15, -0.1) is 11.3 Å². The first-order chi connectivity index (χ1) is 9.46. The number of hydrogen-bond acceptors (Lipinski definition) is 4. The van der Waals surface area contributed by atoms with Crippen LogP contribution in [0.1, 0.15) is 23.4 Å². The molecule has 4 nitrogen and oxygen atoms in total. The molecule has 0 saturated heterocycles. The molecule has 20 heavy (non-hydrogen) atoms. The molecule has 0 aliphatic rings. The first-order valence-corrected chi connectivity index (χ1v) is 8.59. The smallest absolute Gasteiger partial charge is 0.243 e. The predicted octanol–water partition coefficient (Wildman–Crippen LogP) is 2.59. The van der Waals surface area contributed by atoms with E-state index in [0.717, 1.165) is 10.4 Å². The van der Waals surface area contributed by atoms with Crippen LogP contribution in [0.5, 0.6) is 0 Å². The van der Waals surface area contributed by atoms with Gasteiger partial charge in [0.15, 0.2) is 0 Å². The zero-order chi connectivity index (χ0) is 14.8. The van der Waals surface area contributed by atoms with Gasteiger partial charge in [-0.1, -0.05) is 18.2 Å². The molecular formula is C14H18N2O2S2. The molecule has 2 rings (SSSR count). The zero-order valence-electron chi connectivity index (χ0n) is 11.5. The first-order valence-electron chi connectivity index (χ1n) is 6.27. The summed E-state index contributed by atoms with van der Waals surface area (Å²) in [5, 5.41) is 1.95. The fraction of sp³-hybridized carbons (Fsp3) is 0.286. The summed E-state index contributed by atoms with van der Waals surface area (Å²) in [5.74, 6) is 0. The highest BCUT2D eigenvalue weighted by molar-refractivity contribution is 7.89. The molecule has 0 fully saturated rings. The Morgan fingerprint density at radius 1 is 1.25 bits per heavy atom. The lowest BCUT2D eigenvalue weighted by atomic mass is 10.2. The van der Waals surface area contributed by atoms with E-state index >= 15 is 0 Å². The predicted molar refractivity (Wildman–Crippen MR) is 82.0 cm³/mol. The van der Waals surface area contributed by atoms with Gasteiger partial charge in [-0.2, -0.15) is 4.31 Å². The van der Waals surface area contributed by atoms with Crippen LogP contribution in [-0.4, -0.2) is 19.8 Å². The van der Waals surface area contributed by atoms with Crippen molar-refractivity contribution in [2.75, 3.05) is 7.05 Å². The average molecular weight is 310 g/mol. The molecule has 2 N–H and O–H groups in total. The fourth-order valence-corrected chi connectivity index (χ4v) is 4.12. The van der Waals surface area contributed by atoms with Gasteiger partial charge in [0.25, 0.3) is 0 Å². The molecule has 6 heteroatoms. The average Bonchev–Trinajstić information content (AvgIpc) is 3.00. The molecule has 0 radical (unpaired) electrons. The molecule has 108 valence electrons. The number of benzene rings is 1. The van der Waals surface area contributed by atoms with Crippen molar-refractivity contribution in [3.63, 3.8) is 0 Å². The Balaban J connectivity index is 2.29. The van der Waals surface area contributed by atoms with Crippen LogP contribution in [-0.2, 0) is 16.6 Å². The van der Waals surface area contributed by atoms with E-state index in [0.29, 0.717) is 11.4 Å². The van der Waals surface area contributed by atoms with Crippen LogP contribution in [0.4, 0.5) is 0 Å². The van der Waals surface area contributed by atoms with Gasteiger partial charge in [0, 0.05) is 18.5 Å². The minimum atomic E-state index is -3.49. The van der Waals surface area contributed by atoms with Crippen molar-refractivity contribution in [1.82, 2.24) is 4.31 Å². The molecule has 1 atom stereocenters. The molecule has 1 aromatic carbocycles. The minimum Gasteiger partial charge on any atom is -0.326 e. The first kappa shape index (κ1) is 15.2. The number of nitrogens with zero attached hydrogens (tertiary/aromatic N) is 1. The molecule has 0 amide bonds. The second-order valence-corrected chi connectivity index (χ2v) is 7.54. The van der Waals surface area contributed by atoms with Crippen LogP contribution in [0.25, 0.3) is 0 Å². The summed E-state index contributed by atoms with van der Waals surface area (Å²) in [6.45, 7) is 2.29. The molecule has 0 bridgehead atoms. The van der Waals surface area contributed by atoms with Crippen LogP contribution in [0.2, 0.25) is 0 Å². The summed E-state index contributed by atoms with van der Waals surface area (Å²) in [6, 6.07) is 10.4. The number of nitrogens with two attached hydrogens (primary N) is 1. The third-order valence-corrected chi connectivity index (χ3v) is 6.32. The van der Waals surface area contributed by atoms with E-state index in [1.54, 1.807) is 42.6 Å². The maximum atomic E-state index is 12.6. The second-order valence-electron chi connectivity index (χ2n) is 4.56. The lowest BCUT2D eigenvalue weighted by Crippen LogP contribution is -2.29. The maximum absolute atomic E-state index is 12.6. The largest absolute Gasteiger partial charge is 0.326 e. The summed E-state index contributed by atoms with van der Waals surface area (Å²) in [4.78, 5) is 1.32. The Morgan fingerprint density at radius 2 is 1.90 bits per heavy atom. The summed E-state index contributed by atoms with van der Waals surface area (Å²) in [5.41, 5.74) is 6.44. The summed E-state index contributed by atoms with van der Waals surface area (Å²) in [7, 11) is -1.88. The summed E-state index contributed by atoms with van der Waals surface area (Å²) < 4.78 is 26.5. The Labute approximate surface area is 123 Å². The highest BCUT2D eigenvalue weighted by atomic mass is 32.2. The molecule has 0 aliphatic heterocycles. The van der Waals surface area contributed by atoms with E-state index in [1.807, 2.05) is 24.4 Å². The van der Waals surface area contributed by atoms with Crippen molar-refractivity contribution in [2.45, 2.75) is 24.4 Å². The molecule has 1 aromatic heterocycles. The number of thiophene rings is 1. The van der Waals surface area contributed by atoms with Crippen LogP contribution < -0.4 is 5.73 Å². The van der Waals surface area contributed by atoms with Crippen molar-refractivity contribution in [3.05, 3.63) is 52.2 Å². The summed E-state index contributed by atoms with van der Waals surface area (Å²) >= 11 is 1.55. The lowest BCUT2D eigenvalue weighted by Gasteiger charge is -2.23. The fourth-order valence-electron chi connectivity index (χ4n) is 1.88. The van der Waals surface area contributed by atoms with Crippen molar-refractivity contribution < 1.29 is 8.42 Å². The van der Waals surface area contributed by atoms with Gasteiger partial charge in [-0.25, -0.2) is 8.42 Å². The Hall–Kier alpha value is -1.21. The van der Waals surface area contributed by atoms with E-state index in [9.17, 15) is 8.42 Å². The second kappa shape index (κ2) is 6.05. The Morgan fingerprint density at radius 3 is 2.40 bits per heavy atom.